The average Bonchev–Trinajstić information content (AvgIpc) is 3.28. The molecule has 184 valence electrons. The smallest absolute Gasteiger partial charge is 0.338 e. The Morgan fingerprint density at radius 1 is 1.23 bits per heavy atom. The van der Waals surface area contributed by atoms with Crippen LogP contribution in [0.2, 0.25) is 0 Å². The maximum atomic E-state index is 12.9. The van der Waals surface area contributed by atoms with E-state index in [9.17, 15) is 31.6 Å². The summed E-state index contributed by atoms with van der Waals surface area (Å²) in [6.07, 6.45) is 0.206. The van der Waals surface area contributed by atoms with Gasteiger partial charge in [-0.3, -0.25) is 9.48 Å². The van der Waals surface area contributed by atoms with E-state index in [1.165, 1.54) is 24.4 Å². The van der Waals surface area contributed by atoms with Gasteiger partial charge in [-0.1, -0.05) is 12.8 Å². The van der Waals surface area contributed by atoms with Gasteiger partial charge in [-0.2, -0.15) is 27.8 Å². The van der Waals surface area contributed by atoms with Crippen LogP contribution < -0.4 is 10.9 Å². The summed E-state index contributed by atoms with van der Waals surface area (Å²) in [7, 11) is -4.25. The Bertz CT molecular complexity index is 1510. The maximum absolute atomic E-state index is 12.9. The van der Waals surface area contributed by atoms with Crippen LogP contribution in [0.25, 0.3) is 10.9 Å². The zero-order valence-corrected chi connectivity index (χ0v) is 19.2. The highest BCUT2D eigenvalue weighted by atomic mass is 32.2. The molecule has 35 heavy (non-hydrogen) atoms. The number of hydrogen-bond acceptors (Lipinski definition) is 6. The molecule has 1 fully saturated rings. The van der Waals surface area contributed by atoms with Gasteiger partial charge in [0.1, 0.15) is 11.9 Å². The van der Waals surface area contributed by atoms with Gasteiger partial charge in [-0.05, 0) is 42.7 Å². The van der Waals surface area contributed by atoms with Gasteiger partial charge in [0.05, 0.1) is 28.4 Å². The molecular formula is C22H21F3N6O3S. The number of rotatable bonds is 4. The van der Waals surface area contributed by atoms with Gasteiger partial charge in [-0.25, -0.2) is 8.42 Å². The van der Waals surface area contributed by atoms with E-state index in [0.29, 0.717) is 15.5 Å². The second-order valence-corrected chi connectivity index (χ2v) is 10.7. The highest BCUT2D eigenvalue weighted by Gasteiger charge is 2.42. The second-order valence-electron chi connectivity index (χ2n) is 8.78. The first kappa shape index (κ1) is 23.4. The summed E-state index contributed by atoms with van der Waals surface area (Å²) in [5, 5.41) is 17.5. The largest absolute Gasteiger partial charge is 0.402 e. The summed E-state index contributed by atoms with van der Waals surface area (Å²) in [4.78, 5) is 15.1. The summed E-state index contributed by atoms with van der Waals surface area (Å²) in [6, 6.07) is 7.97. The van der Waals surface area contributed by atoms with Crippen LogP contribution in [0, 0.1) is 17.2 Å². The fourth-order valence-electron chi connectivity index (χ4n) is 4.92. The fourth-order valence-corrected chi connectivity index (χ4v) is 6.52. The SMILES string of the molecule is N#C[C@H]1CCCC[C@@H]1n1nc(Nc2ccc3c(c2)CN(CC(F)(F)F)S3(=O)=O)c2c(=O)[nH]ccc21. The van der Waals surface area contributed by atoms with Gasteiger partial charge >= 0.3 is 6.18 Å². The Hall–Kier alpha value is -3.37. The maximum Gasteiger partial charge on any atom is 0.402 e. The number of fused-ring (bicyclic) bond motifs is 2. The number of nitriles is 1. The number of pyridine rings is 1. The van der Waals surface area contributed by atoms with Crippen LogP contribution in [0.5, 0.6) is 0 Å². The first-order valence-electron chi connectivity index (χ1n) is 11.0. The summed E-state index contributed by atoms with van der Waals surface area (Å²) in [5.41, 5.74) is 0.765. The minimum Gasteiger partial charge on any atom is -0.338 e. The molecule has 2 aromatic heterocycles. The lowest BCUT2D eigenvalue weighted by Crippen LogP contribution is -2.34. The molecule has 0 bridgehead atoms. The summed E-state index contributed by atoms with van der Waals surface area (Å²) in [5.74, 6) is -0.0270. The molecule has 3 aromatic rings. The van der Waals surface area contributed by atoms with Crippen molar-refractivity contribution in [3.8, 4) is 6.07 Å². The molecule has 0 unspecified atom stereocenters. The Morgan fingerprint density at radius 2 is 2.00 bits per heavy atom. The summed E-state index contributed by atoms with van der Waals surface area (Å²) >= 11 is 0. The summed E-state index contributed by atoms with van der Waals surface area (Å²) in [6.45, 7) is -1.98. The van der Waals surface area contributed by atoms with Crippen LogP contribution in [-0.2, 0) is 16.6 Å². The van der Waals surface area contributed by atoms with Gasteiger partial charge in [0.15, 0.2) is 5.82 Å². The molecule has 0 saturated heterocycles. The molecule has 2 N–H and O–H groups in total. The molecular weight excluding hydrogens is 485 g/mol. The minimum absolute atomic E-state index is 0.181. The minimum atomic E-state index is -4.66. The van der Waals surface area contributed by atoms with E-state index >= 15 is 0 Å². The van der Waals surface area contributed by atoms with Crippen LogP contribution >= 0.6 is 0 Å². The number of halogens is 3. The van der Waals surface area contributed by atoms with Crippen molar-refractivity contribution in [3.05, 3.63) is 46.4 Å². The standard InChI is InChI=1S/C22H21F3N6O3S/c23-22(24,25)12-30-11-14-9-15(5-6-18(14)35(30,33)34)28-20-19-17(7-8-27-21(19)32)31(29-20)16-4-2-1-3-13(16)10-26/h5-9,13,16H,1-4,11-12H2,(H,27,32)(H,28,29)/t13-,16+/m1/s1. The Balaban J connectivity index is 1.52. The van der Waals surface area contributed by atoms with Gasteiger partial charge in [-0.15, -0.1) is 0 Å². The molecule has 0 spiro atoms. The van der Waals surface area contributed by atoms with Crippen molar-refractivity contribution in [2.75, 3.05) is 11.9 Å². The lowest BCUT2D eigenvalue weighted by molar-refractivity contribution is -0.136. The zero-order chi connectivity index (χ0) is 25.0. The number of sulfonamides is 1. The third kappa shape index (κ3) is 4.17. The fraction of sp³-hybridized carbons (Fsp3) is 0.409. The van der Waals surface area contributed by atoms with Gasteiger partial charge in [0, 0.05) is 18.4 Å². The third-order valence-corrected chi connectivity index (χ3v) is 8.38. The first-order chi connectivity index (χ1) is 16.6. The number of nitrogens with one attached hydrogen (secondary N) is 2. The van der Waals surface area contributed by atoms with Crippen molar-refractivity contribution >= 4 is 32.4 Å². The molecule has 1 aliphatic carbocycles. The number of nitrogens with zero attached hydrogens (tertiary/aromatic N) is 4. The Kier molecular flexibility index (Phi) is 5.60. The molecule has 1 aromatic carbocycles. The van der Waals surface area contributed by atoms with E-state index in [1.807, 2.05) is 0 Å². The van der Waals surface area contributed by atoms with Crippen molar-refractivity contribution in [1.82, 2.24) is 19.1 Å². The zero-order valence-electron chi connectivity index (χ0n) is 18.3. The van der Waals surface area contributed by atoms with Gasteiger partial charge in [0.25, 0.3) is 5.56 Å². The van der Waals surface area contributed by atoms with Crippen molar-refractivity contribution in [1.29, 1.82) is 5.26 Å². The van der Waals surface area contributed by atoms with Crippen LogP contribution in [0.3, 0.4) is 0 Å². The number of anilines is 2. The topological polar surface area (TPSA) is 124 Å². The van der Waals surface area contributed by atoms with E-state index in [1.54, 1.807) is 10.7 Å². The van der Waals surface area contributed by atoms with E-state index in [0.717, 1.165) is 25.7 Å². The molecule has 0 amide bonds. The van der Waals surface area contributed by atoms with Crippen molar-refractivity contribution in [2.24, 2.45) is 5.92 Å². The number of hydrogen-bond donors (Lipinski definition) is 2. The molecule has 1 saturated carbocycles. The highest BCUT2D eigenvalue weighted by molar-refractivity contribution is 7.89. The van der Waals surface area contributed by atoms with Gasteiger partial charge in [0.2, 0.25) is 10.0 Å². The first-order valence-corrected chi connectivity index (χ1v) is 12.5. The molecule has 0 radical (unpaired) electrons. The molecule has 1 aliphatic heterocycles. The lowest BCUT2D eigenvalue weighted by Gasteiger charge is -2.27. The number of benzene rings is 1. The Morgan fingerprint density at radius 3 is 2.74 bits per heavy atom. The number of aromatic nitrogens is 3. The van der Waals surface area contributed by atoms with E-state index in [2.05, 4.69) is 21.5 Å². The molecule has 13 heteroatoms. The molecule has 2 aliphatic rings. The van der Waals surface area contributed by atoms with Crippen LogP contribution in [0.4, 0.5) is 24.7 Å². The van der Waals surface area contributed by atoms with Gasteiger partial charge < -0.3 is 10.3 Å². The molecule has 3 heterocycles. The Labute approximate surface area is 198 Å². The number of alkyl halides is 3. The lowest BCUT2D eigenvalue weighted by atomic mass is 9.85. The van der Waals surface area contributed by atoms with Crippen molar-refractivity contribution in [3.63, 3.8) is 0 Å². The number of H-pyrrole nitrogens is 1. The monoisotopic (exact) mass is 506 g/mol. The van der Waals surface area contributed by atoms with Crippen LogP contribution in [0.1, 0.15) is 37.3 Å². The predicted octanol–water partition coefficient (Wildman–Crippen LogP) is 3.79. The molecule has 9 nitrogen and oxygen atoms in total. The second kappa shape index (κ2) is 8.39. The summed E-state index contributed by atoms with van der Waals surface area (Å²) < 4.78 is 65.7. The van der Waals surface area contributed by atoms with Crippen LogP contribution in [-0.4, -0.2) is 40.2 Å². The van der Waals surface area contributed by atoms with E-state index in [4.69, 9.17) is 0 Å². The van der Waals surface area contributed by atoms with Crippen LogP contribution in [0.15, 0.2) is 40.2 Å². The quantitative estimate of drug-likeness (QED) is 0.555. The van der Waals surface area contributed by atoms with E-state index in [-0.39, 0.29) is 39.2 Å². The van der Waals surface area contributed by atoms with Crippen molar-refractivity contribution in [2.45, 2.75) is 49.3 Å². The van der Waals surface area contributed by atoms with E-state index < -0.39 is 29.3 Å². The molecule has 5 rings (SSSR count). The number of aromatic amines is 1. The predicted molar refractivity (Wildman–Crippen MR) is 120 cm³/mol. The molecule has 2 atom stereocenters. The van der Waals surface area contributed by atoms with Crippen molar-refractivity contribution < 1.29 is 21.6 Å². The average molecular weight is 507 g/mol. The highest BCUT2D eigenvalue weighted by Crippen LogP contribution is 2.38. The normalized spacial score (nSPS) is 22.1. The third-order valence-electron chi connectivity index (χ3n) is 6.48.